The van der Waals surface area contributed by atoms with Crippen molar-refractivity contribution in [3.05, 3.63) is 0 Å². The summed E-state index contributed by atoms with van der Waals surface area (Å²) in [5.74, 6) is 0.878. The molecule has 0 unspecified atom stereocenters. The summed E-state index contributed by atoms with van der Waals surface area (Å²) in [6, 6.07) is -0.238. The summed E-state index contributed by atoms with van der Waals surface area (Å²) in [4.78, 5) is 13.1. The molecule has 0 spiro atoms. The van der Waals surface area contributed by atoms with Crippen molar-refractivity contribution in [2.24, 2.45) is 0 Å². The zero-order valence-corrected chi connectivity index (χ0v) is 10.4. The van der Waals surface area contributed by atoms with Crippen molar-refractivity contribution in [2.75, 3.05) is 19.5 Å². The molecule has 0 saturated carbocycles. The highest BCUT2D eigenvalue weighted by atomic mass is 35.5. The lowest BCUT2D eigenvalue weighted by Gasteiger charge is -2.23. The van der Waals surface area contributed by atoms with E-state index < -0.39 is 0 Å². The van der Waals surface area contributed by atoms with Gasteiger partial charge in [-0.2, -0.15) is 0 Å². The second-order valence-corrected chi connectivity index (χ2v) is 3.86. The fraction of sp³-hybridized carbons (Fsp3) is 0.800. The molecule has 0 aliphatic carbocycles. The molecule has 1 amide bonds. The highest BCUT2D eigenvalue weighted by Crippen LogP contribution is 1.96. The predicted molar refractivity (Wildman–Crippen MR) is 63.6 cm³/mol. The lowest BCUT2D eigenvalue weighted by atomic mass is 10.2. The molecule has 0 aromatic rings. The largest absolute Gasteiger partial charge is 0.362 e. The second kappa shape index (κ2) is 7.51. The molecule has 0 bridgehead atoms. The number of nitrogens with zero attached hydrogens (tertiary/aromatic N) is 1. The van der Waals surface area contributed by atoms with Gasteiger partial charge in [0.2, 0.25) is 5.91 Å². The van der Waals surface area contributed by atoms with E-state index in [4.69, 9.17) is 17.0 Å². The van der Waals surface area contributed by atoms with Crippen molar-refractivity contribution in [1.82, 2.24) is 10.2 Å². The van der Waals surface area contributed by atoms with Gasteiger partial charge in [-0.3, -0.25) is 10.2 Å². The monoisotopic (exact) mass is 233 g/mol. The van der Waals surface area contributed by atoms with E-state index in [1.165, 1.54) is 0 Å². The number of hydrogen-bond acceptors (Lipinski definition) is 2. The Morgan fingerprint density at radius 1 is 1.60 bits per heavy atom. The van der Waals surface area contributed by atoms with E-state index in [1.807, 2.05) is 20.9 Å². The minimum atomic E-state index is -0.238. The fourth-order valence-corrected chi connectivity index (χ4v) is 1.24. The van der Waals surface area contributed by atoms with E-state index in [0.717, 1.165) is 6.54 Å². The molecule has 0 rings (SSSR count). The van der Waals surface area contributed by atoms with Gasteiger partial charge in [-0.1, -0.05) is 0 Å². The topological polar surface area (TPSA) is 56.2 Å². The van der Waals surface area contributed by atoms with Crippen LogP contribution in [0.2, 0.25) is 0 Å². The smallest absolute Gasteiger partial charge is 0.220 e. The average Bonchev–Trinajstić information content (AvgIpc) is 2.23. The van der Waals surface area contributed by atoms with Gasteiger partial charge in [0.05, 0.1) is 6.04 Å². The predicted octanol–water partition coefficient (Wildman–Crippen LogP) is 1.44. The first-order chi connectivity index (χ1) is 7.02. The summed E-state index contributed by atoms with van der Waals surface area (Å²) in [5, 5.41) is 10.5. The quantitative estimate of drug-likeness (QED) is 0.414. The minimum absolute atomic E-state index is 0.0441. The van der Waals surface area contributed by atoms with Crippen molar-refractivity contribution >= 4 is 23.3 Å². The van der Waals surface area contributed by atoms with E-state index in [-0.39, 0.29) is 11.9 Å². The maximum absolute atomic E-state index is 11.3. The Balaban J connectivity index is 3.96. The van der Waals surface area contributed by atoms with Crippen LogP contribution < -0.4 is 5.32 Å². The van der Waals surface area contributed by atoms with Gasteiger partial charge >= 0.3 is 0 Å². The van der Waals surface area contributed by atoms with E-state index in [2.05, 4.69) is 5.32 Å². The van der Waals surface area contributed by atoms with Gasteiger partial charge in [-0.25, -0.2) is 0 Å². The van der Waals surface area contributed by atoms with Crippen LogP contribution in [0.15, 0.2) is 0 Å². The number of amidine groups is 1. The van der Waals surface area contributed by atoms with E-state index in [9.17, 15) is 4.79 Å². The zero-order valence-electron chi connectivity index (χ0n) is 9.64. The van der Waals surface area contributed by atoms with Gasteiger partial charge in [0.1, 0.15) is 5.84 Å². The van der Waals surface area contributed by atoms with Gasteiger partial charge in [-0.15, -0.1) is 11.6 Å². The number of nitrogens with one attached hydrogen (secondary N) is 2. The molecule has 4 nitrogen and oxygen atoms in total. The Labute approximate surface area is 96.5 Å². The van der Waals surface area contributed by atoms with Crippen LogP contribution in [0.25, 0.3) is 0 Å². The highest BCUT2D eigenvalue weighted by Gasteiger charge is 2.14. The average molecular weight is 234 g/mol. The number of carbonyl (C=O) groups is 1. The van der Waals surface area contributed by atoms with Crippen LogP contribution in [-0.2, 0) is 4.79 Å². The van der Waals surface area contributed by atoms with Crippen molar-refractivity contribution in [3.63, 3.8) is 0 Å². The first-order valence-corrected chi connectivity index (χ1v) is 5.71. The summed E-state index contributed by atoms with van der Waals surface area (Å²) < 4.78 is 0. The summed E-state index contributed by atoms with van der Waals surface area (Å²) in [5.41, 5.74) is 0. The summed E-state index contributed by atoms with van der Waals surface area (Å²) in [6.07, 6.45) is 1.11. The number of carbonyl (C=O) groups excluding carboxylic acids is 1. The molecule has 0 fully saturated rings. The Morgan fingerprint density at radius 3 is 2.67 bits per heavy atom. The van der Waals surface area contributed by atoms with Gasteiger partial charge in [0.15, 0.2) is 0 Å². The van der Waals surface area contributed by atoms with Gasteiger partial charge < -0.3 is 10.2 Å². The maximum atomic E-state index is 11.3. The second-order valence-electron chi connectivity index (χ2n) is 3.48. The molecule has 0 saturated heterocycles. The third kappa shape index (κ3) is 5.62. The Bertz CT molecular complexity index is 221. The standard InChI is InChI=1S/C10H20ClN3O/c1-4-14(3)10(12)8(2)13-9(15)6-5-7-11/h8,12H,4-7H2,1-3H3,(H,13,15)/t8-/m1/s1. The molecule has 2 N–H and O–H groups in total. The minimum Gasteiger partial charge on any atom is -0.362 e. The van der Waals surface area contributed by atoms with Crippen LogP contribution >= 0.6 is 11.6 Å². The van der Waals surface area contributed by atoms with Crippen LogP contribution in [-0.4, -0.2) is 42.2 Å². The first-order valence-electron chi connectivity index (χ1n) is 5.17. The SMILES string of the molecule is CCN(C)C(=N)[C@@H](C)NC(=O)CCCCl. The maximum Gasteiger partial charge on any atom is 0.220 e. The first kappa shape index (κ1) is 14.2. The van der Waals surface area contributed by atoms with Gasteiger partial charge in [0, 0.05) is 25.9 Å². The summed E-state index contributed by atoms with van der Waals surface area (Å²) in [6.45, 7) is 4.55. The van der Waals surface area contributed by atoms with Gasteiger partial charge in [-0.05, 0) is 20.3 Å². The Morgan fingerprint density at radius 2 is 2.20 bits per heavy atom. The van der Waals surface area contributed by atoms with E-state index >= 15 is 0 Å². The summed E-state index contributed by atoms with van der Waals surface area (Å²) >= 11 is 5.49. The molecule has 88 valence electrons. The van der Waals surface area contributed by atoms with Crippen LogP contribution in [0, 0.1) is 5.41 Å². The third-order valence-electron chi connectivity index (χ3n) is 2.21. The zero-order chi connectivity index (χ0) is 11.8. The van der Waals surface area contributed by atoms with Gasteiger partial charge in [0.25, 0.3) is 0 Å². The number of likely N-dealkylation sites (N-methyl/N-ethyl adjacent to an activating group) is 1. The lowest BCUT2D eigenvalue weighted by molar-refractivity contribution is -0.121. The van der Waals surface area contributed by atoms with Crippen LogP contribution in [0.5, 0.6) is 0 Å². The van der Waals surface area contributed by atoms with Crippen LogP contribution in [0.4, 0.5) is 0 Å². The Kier molecular flexibility index (Phi) is 7.13. The molecule has 0 heterocycles. The number of halogens is 1. The third-order valence-corrected chi connectivity index (χ3v) is 2.48. The molecule has 5 heteroatoms. The number of alkyl halides is 1. The number of amides is 1. The van der Waals surface area contributed by atoms with E-state index in [0.29, 0.717) is 24.6 Å². The number of rotatable bonds is 6. The normalized spacial score (nSPS) is 12.0. The van der Waals surface area contributed by atoms with E-state index in [1.54, 1.807) is 4.90 Å². The molecule has 1 atom stereocenters. The summed E-state index contributed by atoms with van der Waals surface area (Å²) in [7, 11) is 1.84. The van der Waals surface area contributed by atoms with Crippen molar-refractivity contribution in [3.8, 4) is 0 Å². The highest BCUT2D eigenvalue weighted by molar-refractivity contribution is 6.17. The molecular formula is C10H20ClN3O. The molecule has 0 radical (unpaired) electrons. The van der Waals surface area contributed by atoms with Crippen LogP contribution in [0.3, 0.4) is 0 Å². The molecule has 0 aromatic carbocycles. The fourth-order valence-electron chi connectivity index (χ4n) is 1.11. The van der Waals surface area contributed by atoms with Crippen molar-refractivity contribution < 1.29 is 4.79 Å². The lowest BCUT2D eigenvalue weighted by Crippen LogP contribution is -2.45. The molecule has 0 aliphatic heterocycles. The van der Waals surface area contributed by atoms with Crippen molar-refractivity contribution in [2.45, 2.75) is 32.7 Å². The molecule has 15 heavy (non-hydrogen) atoms. The Hall–Kier alpha value is -0.770. The van der Waals surface area contributed by atoms with Crippen LogP contribution in [0.1, 0.15) is 26.7 Å². The molecule has 0 aliphatic rings. The van der Waals surface area contributed by atoms with Crippen molar-refractivity contribution in [1.29, 1.82) is 5.41 Å². The molecular weight excluding hydrogens is 214 g/mol. The molecule has 0 aromatic heterocycles. The number of hydrogen-bond donors (Lipinski definition) is 2.